The normalized spacial score (nSPS) is 18.2. The van der Waals surface area contributed by atoms with Gasteiger partial charge in [0.05, 0.1) is 18.0 Å². The molecule has 0 aliphatic carbocycles. The molecule has 1 amide bonds. The molecule has 24 heavy (non-hydrogen) atoms. The molecule has 0 saturated carbocycles. The number of rotatable bonds is 3. The predicted octanol–water partition coefficient (Wildman–Crippen LogP) is 4.50. The Balaban J connectivity index is 1.90. The molecule has 0 radical (unpaired) electrons. The smallest absolute Gasteiger partial charge is 0.254 e. The maximum absolute atomic E-state index is 13.6. The summed E-state index contributed by atoms with van der Waals surface area (Å²) in [7, 11) is 0. The van der Waals surface area contributed by atoms with Crippen LogP contribution in [0.15, 0.2) is 53.0 Å². The largest absolute Gasteiger partial charge is 0.334 e. The highest BCUT2D eigenvalue weighted by Crippen LogP contribution is 2.32. The molecule has 2 atom stereocenters. The third kappa shape index (κ3) is 3.34. The minimum Gasteiger partial charge on any atom is -0.334 e. The summed E-state index contributed by atoms with van der Waals surface area (Å²) in [5.74, 6) is -1.06. The molecule has 0 spiro atoms. The number of hydrogen-bond donors (Lipinski definition) is 0. The third-order valence-corrected chi connectivity index (χ3v) is 4.81. The fourth-order valence-corrected chi connectivity index (χ4v) is 3.74. The van der Waals surface area contributed by atoms with Crippen molar-refractivity contribution < 1.29 is 9.18 Å². The number of halogens is 2. The van der Waals surface area contributed by atoms with Crippen molar-refractivity contribution in [1.29, 1.82) is 5.26 Å². The van der Waals surface area contributed by atoms with E-state index in [-0.39, 0.29) is 17.9 Å². The topological polar surface area (TPSA) is 44.1 Å². The van der Waals surface area contributed by atoms with Crippen LogP contribution < -0.4 is 0 Å². The van der Waals surface area contributed by atoms with Gasteiger partial charge in [-0.1, -0.05) is 46.3 Å². The molecule has 1 saturated heterocycles. The molecule has 2 aromatic carbocycles. The van der Waals surface area contributed by atoms with E-state index in [1.165, 1.54) is 12.1 Å². The molecule has 1 heterocycles. The van der Waals surface area contributed by atoms with E-state index in [1.54, 1.807) is 11.0 Å². The zero-order valence-electron chi connectivity index (χ0n) is 13.0. The van der Waals surface area contributed by atoms with E-state index in [4.69, 9.17) is 0 Å². The highest BCUT2D eigenvalue weighted by molar-refractivity contribution is 9.10. The summed E-state index contributed by atoms with van der Waals surface area (Å²) >= 11 is 3.22. The van der Waals surface area contributed by atoms with Gasteiger partial charge in [-0.15, -0.1) is 0 Å². The van der Waals surface area contributed by atoms with E-state index >= 15 is 0 Å². The first kappa shape index (κ1) is 16.7. The van der Waals surface area contributed by atoms with E-state index in [0.29, 0.717) is 16.6 Å². The first-order chi connectivity index (χ1) is 11.6. The lowest BCUT2D eigenvalue weighted by molar-refractivity contribution is 0.0727. The molecule has 1 fully saturated rings. The number of carbonyl (C=O) groups excluding carboxylic acids is 1. The first-order valence-corrected chi connectivity index (χ1v) is 8.61. The lowest BCUT2D eigenvalue weighted by Gasteiger charge is -2.28. The van der Waals surface area contributed by atoms with Gasteiger partial charge < -0.3 is 4.90 Å². The molecule has 1 aliphatic rings. The van der Waals surface area contributed by atoms with Crippen molar-refractivity contribution in [2.75, 3.05) is 6.54 Å². The number of likely N-dealkylation sites (tertiary alicyclic amines) is 1. The van der Waals surface area contributed by atoms with Gasteiger partial charge in [-0.25, -0.2) is 4.39 Å². The van der Waals surface area contributed by atoms with Crippen LogP contribution in [0.25, 0.3) is 0 Å². The lowest BCUT2D eigenvalue weighted by atomic mass is 9.91. The van der Waals surface area contributed by atoms with E-state index in [0.717, 1.165) is 18.4 Å². The van der Waals surface area contributed by atoms with Crippen LogP contribution >= 0.6 is 15.9 Å². The Morgan fingerprint density at radius 1 is 1.29 bits per heavy atom. The van der Waals surface area contributed by atoms with Gasteiger partial charge in [0.25, 0.3) is 5.91 Å². The second kappa shape index (κ2) is 7.14. The van der Waals surface area contributed by atoms with Gasteiger partial charge in [-0.05, 0) is 36.6 Å². The molecule has 2 aromatic rings. The van der Waals surface area contributed by atoms with Crippen molar-refractivity contribution in [2.24, 2.45) is 0 Å². The summed E-state index contributed by atoms with van der Waals surface area (Å²) in [6.07, 6.45) is 1.62. The molecular formula is C19H16BrFN2O. The fraction of sp³-hybridized carbons (Fsp3) is 0.263. The average Bonchev–Trinajstić information content (AvgIpc) is 3.04. The average molecular weight is 387 g/mol. The van der Waals surface area contributed by atoms with Crippen molar-refractivity contribution in [2.45, 2.75) is 24.8 Å². The Morgan fingerprint density at radius 3 is 2.71 bits per heavy atom. The summed E-state index contributed by atoms with van der Waals surface area (Å²) in [5, 5.41) is 9.64. The molecular weight excluding hydrogens is 371 g/mol. The predicted molar refractivity (Wildman–Crippen MR) is 93.0 cm³/mol. The third-order valence-electron chi connectivity index (χ3n) is 4.35. The van der Waals surface area contributed by atoms with Crippen LogP contribution in [-0.2, 0) is 0 Å². The maximum Gasteiger partial charge on any atom is 0.254 e. The molecule has 122 valence electrons. The van der Waals surface area contributed by atoms with Gasteiger partial charge in [0.2, 0.25) is 0 Å². The SMILES string of the molecule is N#CC(c1ccccc1)C1CCCN1C(=O)c1cc(F)cc(Br)c1. The zero-order valence-corrected chi connectivity index (χ0v) is 14.5. The first-order valence-electron chi connectivity index (χ1n) is 7.82. The van der Waals surface area contributed by atoms with Gasteiger partial charge in [0.1, 0.15) is 5.82 Å². The summed E-state index contributed by atoms with van der Waals surface area (Å²) in [6, 6.07) is 15.8. The van der Waals surface area contributed by atoms with Crippen LogP contribution in [0, 0.1) is 17.1 Å². The van der Waals surface area contributed by atoms with Gasteiger partial charge in [0, 0.05) is 16.6 Å². The van der Waals surface area contributed by atoms with Crippen LogP contribution in [0.5, 0.6) is 0 Å². The van der Waals surface area contributed by atoms with Gasteiger partial charge in [0.15, 0.2) is 0 Å². The fourth-order valence-electron chi connectivity index (χ4n) is 3.28. The Bertz CT molecular complexity index is 767. The van der Waals surface area contributed by atoms with Crippen molar-refractivity contribution in [3.8, 4) is 6.07 Å². The summed E-state index contributed by atoms with van der Waals surface area (Å²) in [6.45, 7) is 0.586. The molecule has 3 rings (SSSR count). The van der Waals surface area contributed by atoms with Crippen LogP contribution in [0.1, 0.15) is 34.7 Å². The monoisotopic (exact) mass is 386 g/mol. The van der Waals surface area contributed by atoms with E-state index in [9.17, 15) is 14.4 Å². The number of amides is 1. The Morgan fingerprint density at radius 2 is 2.04 bits per heavy atom. The molecule has 5 heteroatoms. The summed E-state index contributed by atoms with van der Waals surface area (Å²) in [4.78, 5) is 14.6. The molecule has 0 aromatic heterocycles. The Kier molecular flexibility index (Phi) is 4.96. The lowest BCUT2D eigenvalue weighted by Crippen LogP contribution is -2.39. The van der Waals surface area contributed by atoms with Crippen LogP contribution in [0.3, 0.4) is 0 Å². The quantitative estimate of drug-likeness (QED) is 0.779. The molecule has 1 aliphatic heterocycles. The summed E-state index contributed by atoms with van der Waals surface area (Å²) in [5.41, 5.74) is 1.21. The van der Waals surface area contributed by atoms with Crippen LogP contribution in [0.4, 0.5) is 4.39 Å². The molecule has 0 N–H and O–H groups in total. The number of carbonyl (C=O) groups is 1. The highest BCUT2D eigenvalue weighted by Gasteiger charge is 2.36. The standard InChI is InChI=1S/C19H16BrFN2O/c20-15-9-14(10-16(21)11-15)19(24)23-8-4-7-18(23)17(12-22)13-5-2-1-3-6-13/h1-3,5-6,9-11,17-18H,4,7-8H2. The second-order valence-electron chi connectivity index (χ2n) is 5.88. The molecule has 2 unspecified atom stereocenters. The van der Waals surface area contributed by atoms with Gasteiger partial charge in [-0.2, -0.15) is 5.26 Å². The van der Waals surface area contributed by atoms with E-state index < -0.39 is 5.82 Å². The molecule has 0 bridgehead atoms. The van der Waals surface area contributed by atoms with E-state index in [1.807, 2.05) is 30.3 Å². The van der Waals surface area contributed by atoms with Crippen molar-refractivity contribution in [3.63, 3.8) is 0 Å². The van der Waals surface area contributed by atoms with Gasteiger partial charge >= 0.3 is 0 Å². The van der Waals surface area contributed by atoms with Crippen molar-refractivity contribution in [1.82, 2.24) is 4.90 Å². The highest BCUT2D eigenvalue weighted by atomic mass is 79.9. The van der Waals surface area contributed by atoms with Crippen molar-refractivity contribution in [3.05, 3.63) is 69.9 Å². The maximum atomic E-state index is 13.6. The molecule has 3 nitrogen and oxygen atoms in total. The van der Waals surface area contributed by atoms with Crippen LogP contribution in [-0.4, -0.2) is 23.4 Å². The Hall–Kier alpha value is -2.19. The number of hydrogen-bond acceptors (Lipinski definition) is 2. The Labute approximate surface area is 148 Å². The second-order valence-corrected chi connectivity index (χ2v) is 6.80. The summed E-state index contributed by atoms with van der Waals surface area (Å²) < 4.78 is 14.1. The van der Waals surface area contributed by atoms with E-state index in [2.05, 4.69) is 22.0 Å². The van der Waals surface area contributed by atoms with Crippen molar-refractivity contribution >= 4 is 21.8 Å². The van der Waals surface area contributed by atoms with Gasteiger partial charge in [-0.3, -0.25) is 4.79 Å². The zero-order chi connectivity index (χ0) is 17.1. The number of benzene rings is 2. The minimum atomic E-state index is -0.455. The number of nitrogens with zero attached hydrogens (tertiary/aromatic N) is 2. The minimum absolute atomic E-state index is 0.188. The van der Waals surface area contributed by atoms with Crippen LogP contribution in [0.2, 0.25) is 0 Å². The number of nitriles is 1.